The molecule has 1 rings (SSSR count). The highest BCUT2D eigenvalue weighted by Gasteiger charge is 2.11. The molecule has 4 nitrogen and oxygen atoms in total. The van der Waals surface area contributed by atoms with Gasteiger partial charge in [0.1, 0.15) is 5.02 Å². The Labute approximate surface area is 108 Å². The molecule has 0 fully saturated rings. The number of aromatic nitrogens is 2. The summed E-state index contributed by atoms with van der Waals surface area (Å²) >= 11 is 6.11. The van der Waals surface area contributed by atoms with Crippen LogP contribution in [0.15, 0.2) is 6.20 Å². The molecule has 0 saturated heterocycles. The molecule has 1 aromatic rings. The fourth-order valence-electron chi connectivity index (χ4n) is 1.58. The molecule has 0 spiro atoms. The van der Waals surface area contributed by atoms with Gasteiger partial charge in [-0.15, -0.1) is 0 Å². The van der Waals surface area contributed by atoms with Gasteiger partial charge in [0.25, 0.3) is 0 Å². The topological polar surface area (TPSA) is 41.1 Å². The Morgan fingerprint density at radius 2 is 2.18 bits per heavy atom. The first kappa shape index (κ1) is 14.0. The average molecular weight is 257 g/mol. The Bertz CT molecular complexity index is 354. The van der Waals surface area contributed by atoms with Crippen molar-refractivity contribution in [3.63, 3.8) is 0 Å². The van der Waals surface area contributed by atoms with Gasteiger partial charge in [-0.1, -0.05) is 32.4 Å². The van der Waals surface area contributed by atoms with Crippen LogP contribution in [0.5, 0.6) is 0 Å². The lowest BCUT2D eigenvalue weighted by molar-refractivity contribution is 0.634. The molecule has 1 aromatic heterocycles. The third kappa shape index (κ3) is 4.38. The van der Waals surface area contributed by atoms with Crippen LogP contribution in [-0.2, 0) is 0 Å². The summed E-state index contributed by atoms with van der Waals surface area (Å²) in [5.41, 5.74) is 0. The Balaban J connectivity index is 2.81. The van der Waals surface area contributed by atoms with Crippen LogP contribution in [0.4, 0.5) is 11.8 Å². The van der Waals surface area contributed by atoms with E-state index in [4.69, 9.17) is 11.6 Å². The van der Waals surface area contributed by atoms with Crippen LogP contribution < -0.4 is 10.2 Å². The van der Waals surface area contributed by atoms with Gasteiger partial charge in [0.05, 0.1) is 6.20 Å². The Kier molecular flexibility index (Phi) is 5.48. The Morgan fingerprint density at radius 1 is 1.47 bits per heavy atom. The molecule has 0 aliphatic carbocycles. The molecule has 0 atom stereocenters. The van der Waals surface area contributed by atoms with E-state index in [0.29, 0.717) is 16.9 Å². The lowest BCUT2D eigenvalue weighted by atomic mass is 10.2. The van der Waals surface area contributed by atoms with Crippen molar-refractivity contribution < 1.29 is 0 Å². The van der Waals surface area contributed by atoms with Crippen molar-refractivity contribution in [1.29, 1.82) is 0 Å². The smallest absolute Gasteiger partial charge is 0.224 e. The van der Waals surface area contributed by atoms with Crippen molar-refractivity contribution in [3.8, 4) is 0 Å². The summed E-state index contributed by atoms with van der Waals surface area (Å²) in [4.78, 5) is 10.7. The highest BCUT2D eigenvalue weighted by Crippen LogP contribution is 2.23. The Morgan fingerprint density at radius 3 is 2.76 bits per heavy atom. The van der Waals surface area contributed by atoms with E-state index in [0.717, 1.165) is 25.3 Å². The van der Waals surface area contributed by atoms with Gasteiger partial charge in [-0.2, -0.15) is 4.98 Å². The monoisotopic (exact) mass is 256 g/mol. The lowest BCUT2D eigenvalue weighted by Gasteiger charge is -2.21. The third-order valence-corrected chi connectivity index (χ3v) is 2.53. The van der Waals surface area contributed by atoms with Gasteiger partial charge in [0.15, 0.2) is 5.82 Å². The quantitative estimate of drug-likeness (QED) is 0.850. The molecule has 0 radical (unpaired) electrons. The fourth-order valence-corrected chi connectivity index (χ4v) is 1.82. The summed E-state index contributed by atoms with van der Waals surface area (Å²) in [6, 6.07) is 0. The predicted octanol–water partition coefficient (Wildman–Crippen LogP) is 3.04. The summed E-state index contributed by atoms with van der Waals surface area (Å²) in [7, 11) is 2.00. The molecule has 1 heterocycles. The second-order valence-electron chi connectivity index (χ2n) is 4.57. The zero-order valence-corrected chi connectivity index (χ0v) is 11.8. The van der Waals surface area contributed by atoms with E-state index in [9.17, 15) is 0 Å². The van der Waals surface area contributed by atoms with Gasteiger partial charge < -0.3 is 10.2 Å². The standard InChI is InChI=1S/C12H21ClN4/c1-5-6-14-12-15-7-10(13)11(16-12)17(4)8-9(2)3/h7,9H,5-6,8H2,1-4H3,(H,14,15,16). The van der Waals surface area contributed by atoms with Crippen LogP contribution >= 0.6 is 11.6 Å². The van der Waals surface area contributed by atoms with Gasteiger partial charge in [-0.05, 0) is 12.3 Å². The molecule has 17 heavy (non-hydrogen) atoms. The number of nitrogens with one attached hydrogen (secondary N) is 1. The van der Waals surface area contributed by atoms with Crippen LogP contribution in [0.1, 0.15) is 27.2 Å². The Hall–Kier alpha value is -1.03. The van der Waals surface area contributed by atoms with Crippen molar-refractivity contribution in [2.24, 2.45) is 5.92 Å². The first-order valence-corrected chi connectivity index (χ1v) is 6.40. The normalized spacial score (nSPS) is 10.7. The van der Waals surface area contributed by atoms with Crippen LogP contribution in [0, 0.1) is 5.92 Å². The molecule has 96 valence electrons. The third-order valence-electron chi connectivity index (χ3n) is 2.26. The van der Waals surface area contributed by atoms with Gasteiger partial charge >= 0.3 is 0 Å². The summed E-state index contributed by atoms with van der Waals surface area (Å²) in [5.74, 6) is 1.99. The molecule has 0 aliphatic rings. The van der Waals surface area contributed by atoms with Gasteiger partial charge in [0.2, 0.25) is 5.95 Å². The highest BCUT2D eigenvalue weighted by molar-refractivity contribution is 6.32. The van der Waals surface area contributed by atoms with Crippen LogP contribution in [-0.4, -0.2) is 30.1 Å². The van der Waals surface area contributed by atoms with Crippen LogP contribution in [0.2, 0.25) is 5.02 Å². The highest BCUT2D eigenvalue weighted by atomic mass is 35.5. The minimum atomic E-state index is 0.568. The minimum absolute atomic E-state index is 0.568. The van der Waals surface area contributed by atoms with Gasteiger partial charge in [-0.25, -0.2) is 4.98 Å². The maximum Gasteiger partial charge on any atom is 0.224 e. The van der Waals surface area contributed by atoms with E-state index in [-0.39, 0.29) is 0 Å². The second kappa shape index (κ2) is 6.64. The van der Waals surface area contributed by atoms with Crippen molar-refractivity contribution in [2.75, 3.05) is 30.4 Å². The number of nitrogens with zero attached hydrogens (tertiary/aromatic N) is 3. The molecule has 0 aromatic carbocycles. The fraction of sp³-hybridized carbons (Fsp3) is 0.667. The molecular formula is C12H21ClN4. The molecule has 0 aliphatic heterocycles. The van der Waals surface area contributed by atoms with E-state index in [1.54, 1.807) is 6.20 Å². The molecule has 0 unspecified atom stereocenters. The molecule has 0 saturated carbocycles. The number of anilines is 2. The van der Waals surface area contributed by atoms with Crippen molar-refractivity contribution in [2.45, 2.75) is 27.2 Å². The van der Waals surface area contributed by atoms with E-state index >= 15 is 0 Å². The van der Waals surface area contributed by atoms with Crippen molar-refractivity contribution >= 4 is 23.4 Å². The second-order valence-corrected chi connectivity index (χ2v) is 4.97. The number of hydrogen-bond donors (Lipinski definition) is 1. The largest absolute Gasteiger partial charge is 0.358 e. The molecule has 1 N–H and O–H groups in total. The van der Waals surface area contributed by atoms with Gasteiger partial charge in [0, 0.05) is 20.1 Å². The van der Waals surface area contributed by atoms with E-state index < -0.39 is 0 Å². The lowest BCUT2D eigenvalue weighted by Crippen LogP contribution is -2.24. The van der Waals surface area contributed by atoms with E-state index in [1.807, 2.05) is 7.05 Å². The van der Waals surface area contributed by atoms with Gasteiger partial charge in [-0.3, -0.25) is 0 Å². The predicted molar refractivity (Wildman–Crippen MR) is 73.9 cm³/mol. The maximum atomic E-state index is 6.11. The summed E-state index contributed by atoms with van der Waals surface area (Å²) in [5, 5.41) is 3.76. The van der Waals surface area contributed by atoms with E-state index in [2.05, 4.69) is 41.0 Å². The molecular weight excluding hydrogens is 236 g/mol. The first-order chi connectivity index (χ1) is 8.04. The van der Waals surface area contributed by atoms with Crippen LogP contribution in [0.3, 0.4) is 0 Å². The minimum Gasteiger partial charge on any atom is -0.358 e. The molecule has 0 amide bonds. The maximum absolute atomic E-state index is 6.11. The van der Waals surface area contributed by atoms with E-state index in [1.165, 1.54) is 0 Å². The zero-order valence-electron chi connectivity index (χ0n) is 11.0. The number of halogens is 1. The average Bonchev–Trinajstić information content (AvgIpc) is 2.27. The van der Waals surface area contributed by atoms with Crippen molar-refractivity contribution in [1.82, 2.24) is 9.97 Å². The summed E-state index contributed by atoms with van der Waals surface area (Å²) < 4.78 is 0. The number of hydrogen-bond acceptors (Lipinski definition) is 4. The van der Waals surface area contributed by atoms with Crippen molar-refractivity contribution in [3.05, 3.63) is 11.2 Å². The summed E-state index contributed by atoms with van der Waals surface area (Å²) in [6.07, 6.45) is 2.70. The molecule has 5 heteroatoms. The molecule has 0 bridgehead atoms. The zero-order chi connectivity index (χ0) is 12.8. The number of rotatable bonds is 6. The first-order valence-electron chi connectivity index (χ1n) is 6.02. The summed E-state index contributed by atoms with van der Waals surface area (Å²) in [6.45, 7) is 8.23. The van der Waals surface area contributed by atoms with Crippen LogP contribution in [0.25, 0.3) is 0 Å². The SMILES string of the molecule is CCCNc1ncc(Cl)c(N(C)CC(C)C)n1.